The number of ether oxygens (including phenoxy) is 1. The van der Waals surface area contributed by atoms with Gasteiger partial charge in [-0.3, -0.25) is 0 Å². The molecule has 1 N–H and O–H groups in total. The fourth-order valence-corrected chi connectivity index (χ4v) is 2.87. The molecule has 0 aliphatic heterocycles. The molecule has 100 valence electrons. The van der Waals surface area contributed by atoms with E-state index in [9.17, 15) is 0 Å². The normalized spacial score (nSPS) is 11.4. The fourth-order valence-electron chi connectivity index (χ4n) is 1.36. The predicted molar refractivity (Wildman–Crippen MR) is 84.1 cm³/mol. The van der Waals surface area contributed by atoms with Gasteiger partial charge in [-0.1, -0.05) is 12.7 Å². The Balaban J connectivity index is 2.82. The Labute approximate surface area is 126 Å². The first kappa shape index (κ1) is 15.7. The van der Waals surface area contributed by atoms with Gasteiger partial charge in [-0.15, -0.1) is 0 Å². The van der Waals surface area contributed by atoms with Gasteiger partial charge in [0.25, 0.3) is 0 Å². The molecule has 0 fully saturated rings. The highest BCUT2D eigenvalue weighted by Gasteiger charge is 2.12. The van der Waals surface area contributed by atoms with E-state index in [1.54, 1.807) is 6.08 Å². The van der Waals surface area contributed by atoms with Crippen molar-refractivity contribution in [3.05, 3.63) is 39.3 Å². The van der Waals surface area contributed by atoms with Crippen molar-refractivity contribution in [2.75, 3.05) is 6.61 Å². The molecular formula is C14H19Br2NO. The summed E-state index contributed by atoms with van der Waals surface area (Å²) in [7, 11) is 0. The molecule has 0 unspecified atom stereocenters. The van der Waals surface area contributed by atoms with Gasteiger partial charge in [0.15, 0.2) is 0 Å². The molecule has 18 heavy (non-hydrogen) atoms. The standard InChI is InChI=1S/C14H19Br2NO/c1-5-6-18-13-11(15)7-10(8-12(13)16)9-17-14(2,3)4/h5,7-8,17H,1,6,9H2,2-4H3. The zero-order chi connectivity index (χ0) is 13.8. The molecule has 0 aliphatic carbocycles. The summed E-state index contributed by atoms with van der Waals surface area (Å²) >= 11 is 7.06. The van der Waals surface area contributed by atoms with E-state index in [-0.39, 0.29) is 5.54 Å². The second-order valence-corrected chi connectivity index (χ2v) is 6.80. The minimum absolute atomic E-state index is 0.108. The Morgan fingerprint density at radius 1 is 1.28 bits per heavy atom. The predicted octanol–water partition coefficient (Wildman–Crippen LogP) is 4.66. The number of halogens is 2. The minimum Gasteiger partial charge on any atom is -0.487 e. The Kier molecular flexibility index (Phi) is 5.89. The lowest BCUT2D eigenvalue weighted by atomic mass is 10.1. The van der Waals surface area contributed by atoms with Crippen LogP contribution in [-0.2, 0) is 6.54 Å². The second kappa shape index (κ2) is 6.73. The van der Waals surface area contributed by atoms with E-state index < -0.39 is 0 Å². The van der Waals surface area contributed by atoms with Crippen molar-refractivity contribution in [1.29, 1.82) is 0 Å². The van der Waals surface area contributed by atoms with E-state index >= 15 is 0 Å². The highest BCUT2D eigenvalue weighted by Crippen LogP contribution is 2.34. The molecule has 0 atom stereocenters. The summed E-state index contributed by atoms with van der Waals surface area (Å²) in [5, 5.41) is 3.46. The van der Waals surface area contributed by atoms with Gasteiger partial charge in [0.2, 0.25) is 0 Å². The van der Waals surface area contributed by atoms with Crippen molar-refractivity contribution < 1.29 is 4.74 Å². The van der Waals surface area contributed by atoms with Gasteiger partial charge < -0.3 is 10.1 Å². The number of hydrogen-bond donors (Lipinski definition) is 1. The molecule has 1 aromatic rings. The van der Waals surface area contributed by atoms with Crippen LogP contribution < -0.4 is 10.1 Å². The molecule has 0 radical (unpaired) electrons. The van der Waals surface area contributed by atoms with Gasteiger partial charge in [-0.2, -0.15) is 0 Å². The number of rotatable bonds is 5. The lowest BCUT2D eigenvalue weighted by Crippen LogP contribution is -2.35. The third-order valence-electron chi connectivity index (χ3n) is 2.23. The largest absolute Gasteiger partial charge is 0.487 e. The molecule has 2 nitrogen and oxygen atoms in total. The molecule has 0 heterocycles. The maximum atomic E-state index is 5.58. The van der Waals surface area contributed by atoms with Gasteiger partial charge in [0.05, 0.1) is 8.95 Å². The first-order valence-electron chi connectivity index (χ1n) is 5.80. The van der Waals surface area contributed by atoms with E-state index in [1.807, 2.05) is 0 Å². The number of hydrogen-bond acceptors (Lipinski definition) is 2. The fraction of sp³-hybridized carbons (Fsp3) is 0.429. The van der Waals surface area contributed by atoms with E-state index in [1.165, 1.54) is 5.56 Å². The molecule has 0 amide bonds. The van der Waals surface area contributed by atoms with E-state index in [0.29, 0.717) is 6.61 Å². The Bertz CT molecular complexity index is 401. The summed E-state index contributed by atoms with van der Waals surface area (Å²) < 4.78 is 7.48. The zero-order valence-corrected chi connectivity index (χ0v) is 14.2. The quantitative estimate of drug-likeness (QED) is 0.754. The van der Waals surface area contributed by atoms with Crippen molar-refractivity contribution in [2.45, 2.75) is 32.9 Å². The zero-order valence-electron chi connectivity index (χ0n) is 11.0. The lowest BCUT2D eigenvalue weighted by molar-refractivity contribution is 0.358. The van der Waals surface area contributed by atoms with Crippen LogP contribution in [0, 0.1) is 0 Å². The molecule has 1 rings (SSSR count). The molecule has 0 saturated carbocycles. The van der Waals surface area contributed by atoms with E-state index in [0.717, 1.165) is 21.2 Å². The van der Waals surface area contributed by atoms with Crippen LogP contribution in [0.3, 0.4) is 0 Å². The number of benzene rings is 1. The van der Waals surface area contributed by atoms with Gasteiger partial charge in [0, 0.05) is 12.1 Å². The molecule has 0 spiro atoms. The van der Waals surface area contributed by atoms with Crippen LogP contribution in [0.5, 0.6) is 5.75 Å². The van der Waals surface area contributed by atoms with Crippen molar-refractivity contribution in [2.24, 2.45) is 0 Å². The molecule has 4 heteroatoms. The first-order chi connectivity index (χ1) is 8.33. The maximum Gasteiger partial charge on any atom is 0.148 e. The molecule has 0 aliphatic rings. The van der Waals surface area contributed by atoms with Gasteiger partial charge in [-0.05, 0) is 70.3 Å². The summed E-state index contributed by atoms with van der Waals surface area (Å²) in [4.78, 5) is 0. The highest BCUT2D eigenvalue weighted by molar-refractivity contribution is 9.11. The summed E-state index contributed by atoms with van der Waals surface area (Å²) in [6.07, 6.45) is 1.73. The van der Waals surface area contributed by atoms with E-state index in [2.05, 4.69) is 76.7 Å². The average molecular weight is 377 g/mol. The lowest BCUT2D eigenvalue weighted by Gasteiger charge is -2.21. The summed E-state index contributed by atoms with van der Waals surface area (Å²) in [6, 6.07) is 4.14. The average Bonchev–Trinajstić information content (AvgIpc) is 2.24. The van der Waals surface area contributed by atoms with E-state index in [4.69, 9.17) is 4.74 Å². The highest BCUT2D eigenvalue weighted by atomic mass is 79.9. The monoisotopic (exact) mass is 375 g/mol. The smallest absolute Gasteiger partial charge is 0.148 e. The van der Waals surface area contributed by atoms with Crippen LogP contribution in [-0.4, -0.2) is 12.1 Å². The first-order valence-corrected chi connectivity index (χ1v) is 7.39. The Hall–Kier alpha value is -0.320. The Morgan fingerprint density at radius 2 is 1.83 bits per heavy atom. The van der Waals surface area contributed by atoms with Crippen LogP contribution in [0.2, 0.25) is 0 Å². The topological polar surface area (TPSA) is 21.3 Å². The Morgan fingerprint density at radius 3 is 2.28 bits per heavy atom. The second-order valence-electron chi connectivity index (χ2n) is 5.09. The third kappa shape index (κ3) is 5.12. The van der Waals surface area contributed by atoms with Crippen LogP contribution in [0.1, 0.15) is 26.3 Å². The number of nitrogens with one attached hydrogen (secondary N) is 1. The van der Waals surface area contributed by atoms with Crippen molar-refractivity contribution in [3.63, 3.8) is 0 Å². The summed E-state index contributed by atoms with van der Waals surface area (Å²) in [5.74, 6) is 0.814. The minimum atomic E-state index is 0.108. The van der Waals surface area contributed by atoms with Crippen LogP contribution in [0.4, 0.5) is 0 Å². The van der Waals surface area contributed by atoms with Crippen LogP contribution in [0.25, 0.3) is 0 Å². The molecule has 1 aromatic carbocycles. The SMILES string of the molecule is C=CCOc1c(Br)cc(CNC(C)(C)C)cc1Br. The summed E-state index contributed by atoms with van der Waals surface area (Å²) in [5.41, 5.74) is 1.31. The molecule has 0 bridgehead atoms. The van der Waals surface area contributed by atoms with Crippen molar-refractivity contribution in [1.82, 2.24) is 5.32 Å². The van der Waals surface area contributed by atoms with Crippen LogP contribution >= 0.6 is 31.9 Å². The van der Waals surface area contributed by atoms with Crippen LogP contribution in [0.15, 0.2) is 33.7 Å². The summed E-state index contributed by atoms with van der Waals surface area (Å²) in [6.45, 7) is 11.4. The van der Waals surface area contributed by atoms with Gasteiger partial charge in [-0.25, -0.2) is 0 Å². The molecule has 0 aromatic heterocycles. The maximum absolute atomic E-state index is 5.58. The van der Waals surface area contributed by atoms with Crippen molar-refractivity contribution >= 4 is 31.9 Å². The van der Waals surface area contributed by atoms with Gasteiger partial charge in [0.1, 0.15) is 12.4 Å². The van der Waals surface area contributed by atoms with Crippen molar-refractivity contribution in [3.8, 4) is 5.75 Å². The molecular weight excluding hydrogens is 358 g/mol. The third-order valence-corrected chi connectivity index (χ3v) is 3.40. The molecule has 0 saturated heterocycles. The van der Waals surface area contributed by atoms with Gasteiger partial charge >= 0.3 is 0 Å².